The standard InChI is InChI=1S/C15H18N4O/c1-2-3-4-11-5-7-12(8-6-11)19-15(20)13-9-18-14(16)10-17-13/h5-10H,2-4H2,1H3,(H2,16,18)(H,19,20). The Morgan fingerprint density at radius 3 is 2.55 bits per heavy atom. The third kappa shape index (κ3) is 3.78. The molecule has 0 aliphatic rings. The first-order chi connectivity index (χ1) is 9.69. The molecular weight excluding hydrogens is 252 g/mol. The maximum absolute atomic E-state index is 11.9. The third-order valence-corrected chi connectivity index (χ3v) is 2.94. The first kappa shape index (κ1) is 14.0. The average Bonchev–Trinajstić information content (AvgIpc) is 2.47. The van der Waals surface area contributed by atoms with E-state index in [0.29, 0.717) is 5.82 Å². The summed E-state index contributed by atoms with van der Waals surface area (Å²) in [5, 5.41) is 2.78. The van der Waals surface area contributed by atoms with Gasteiger partial charge in [-0.05, 0) is 30.5 Å². The van der Waals surface area contributed by atoms with Crippen molar-refractivity contribution in [2.45, 2.75) is 26.2 Å². The first-order valence-electron chi connectivity index (χ1n) is 6.67. The van der Waals surface area contributed by atoms with Gasteiger partial charge in [0.2, 0.25) is 0 Å². The fraction of sp³-hybridized carbons (Fsp3) is 0.267. The van der Waals surface area contributed by atoms with E-state index in [2.05, 4.69) is 22.2 Å². The second-order valence-electron chi connectivity index (χ2n) is 4.58. The van der Waals surface area contributed by atoms with Crippen LogP contribution < -0.4 is 11.1 Å². The number of carbonyl (C=O) groups excluding carboxylic acids is 1. The van der Waals surface area contributed by atoms with Crippen molar-refractivity contribution in [3.8, 4) is 0 Å². The molecule has 5 nitrogen and oxygen atoms in total. The number of anilines is 2. The summed E-state index contributed by atoms with van der Waals surface area (Å²) in [4.78, 5) is 19.7. The van der Waals surface area contributed by atoms with E-state index in [1.807, 2.05) is 24.3 Å². The maximum atomic E-state index is 11.9. The Kier molecular flexibility index (Phi) is 4.65. The number of nitrogen functional groups attached to an aromatic ring is 1. The lowest BCUT2D eigenvalue weighted by molar-refractivity contribution is 0.102. The molecule has 0 spiro atoms. The number of rotatable bonds is 5. The lowest BCUT2D eigenvalue weighted by Crippen LogP contribution is -2.14. The van der Waals surface area contributed by atoms with Gasteiger partial charge in [-0.25, -0.2) is 9.97 Å². The molecule has 1 aromatic heterocycles. The quantitative estimate of drug-likeness (QED) is 0.875. The highest BCUT2D eigenvalue weighted by atomic mass is 16.1. The van der Waals surface area contributed by atoms with Crippen LogP contribution in [0, 0.1) is 0 Å². The van der Waals surface area contributed by atoms with E-state index in [1.54, 1.807) is 0 Å². The Bertz CT molecular complexity index is 563. The molecule has 3 N–H and O–H groups in total. The third-order valence-electron chi connectivity index (χ3n) is 2.94. The van der Waals surface area contributed by atoms with Gasteiger partial charge in [0.1, 0.15) is 11.5 Å². The first-order valence-corrected chi connectivity index (χ1v) is 6.67. The zero-order valence-corrected chi connectivity index (χ0v) is 11.5. The van der Waals surface area contributed by atoms with Crippen LogP contribution in [0.4, 0.5) is 11.5 Å². The van der Waals surface area contributed by atoms with Gasteiger partial charge in [0, 0.05) is 5.69 Å². The van der Waals surface area contributed by atoms with E-state index < -0.39 is 0 Å². The van der Waals surface area contributed by atoms with E-state index in [4.69, 9.17) is 5.73 Å². The molecule has 1 amide bonds. The molecule has 0 atom stereocenters. The highest BCUT2D eigenvalue weighted by molar-refractivity contribution is 6.02. The van der Waals surface area contributed by atoms with Crippen LogP contribution in [-0.2, 0) is 6.42 Å². The van der Waals surface area contributed by atoms with Gasteiger partial charge >= 0.3 is 0 Å². The van der Waals surface area contributed by atoms with E-state index in [9.17, 15) is 4.79 Å². The highest BCUT2D eigenvalue weighted by Crippen LogP contribution is 2.12. The number of nitrogens with zero attached hydrogens (tertiary/aromatic N) is 2. The van der Waals surface area contributed by atoms with E-state index >= 15 is 0 Å². The van der Waals surface area contributed by atoms with Gasteiger partial charge in [-0.2, -0.15) is 0 Å². The van der Waals surface area contributed by atoms with Gasteiger partial charge in [0.15, 0.2) is 0 Å². The second kappa shape index (κ2) is 6.65. The summed E-state index contributed by atoms with van der Waals surface area (Å²) >= 11 is 0. The Morgan fingerprint density at radius 1 is 1.20 bits per heavy atom. The molecule has 0 unspecified atom stereocenters. The van der Waals surface area contributed by atoms with Crippen molar-refractivity contribution in [1.82, 2.24) is 9.97 Å². The van der Waals surface area contributed by atoms with Gasteiger partial charge < -0.3 is 11.1 Å². The molecule has 1 heterocycles. The Hall–Kier alpha value is -2.43. The van der Waals surface area contributed by atoms with Gasteiger partial charge in [-0.1, -0.05) is 25.5 Å². The SMILES string of the molecule is CCCCc1ccc(NC(=O)c2cnc(N)cn2)cc1. The summed E-state index contributed by atoms with van der Waals surface area (Å²) in [6.07, 6.45) is 6.14. The predicted octanol–water partition coefficient (Wildman–Crippen LogP) is 2.65. The van der Waals surface area contributed by atoms with Crippen molar-refractivity contribution >= 4 is 17.4 Å². The number of nitrogens with one attached hydrogen (secondary N) is 1. The Labute approximate surface area is 118 Å². The van der Waals surface area contributed by atoms with Crippen LogP contribution >= 0.6 is 0 Å². The van der Waals surface area contributed by atoms with Crippen molar-refractivity contribution < 1.29 is 4.79 Å². The number of unbranched alkanes of at least 4 members (excludes halogenated alkanes) is 1. The van der Waals surface area contributed by atoms with Crippen LogP contribution in [0.5, 0.6) is 0 Å². The normalized spacial score (nSPS) is 10.2. The molecule has 0 aliphatic carbocycles. The molecule has 104 valence electrons. The zero-order chi connectivity index (χ0) is 14.4. The summed E-state index contributed by atoms with van der Waals surface area (Å²) in [6.45, 7) is 2.17. The van der Waals surface area contributed by atoms with Crippen LogP contribution in [0.25, 0.3) is 0 Å². The van der Waals surface area contributed by atoms with E-state index in [1.165, 1.54) is 30.8 Å². The maximum Gasteiger partial charge on any atom is 0.275 e. The number of hydrogen-bond acceptors (Lipinski definition) is 4. The number of aryl methyl sites for hydroxylation is 1. The molecule has 2 aromatic rings. The molecule has 0 aliphatic heterocycles. The zero-order valence-electron chi connectivity index (χ0n) is 11.5. The monoisotopic (exact) mass is 270 g/mol. The molecule has 0 radical (unpaired) electrons. The van der Waals surface area contributed by atoms with Gasteiger partial charge in [0.25, 0.3) is 5.91 Å². The number of aromatic nitrogens is 2. The molecule has 0 bridgehead atoms. The summed E-state index contributed by atoms with van der Waals surface area (Å²) in [5.74, 6) is 0.000588. The van der Waals surface area contributed by atoms with E-state index in [-0.39, 0.29) is 11.6 Å². The van der Waals surface area contributed by atoms with Crippen molar-refractivity contribution in [1.29, 1.82) is 0 Å². The number of hydrogen-bond donors (Lipinski definition) is 2. The minimum Gasteiger partial charge on any atom is -0.382 e. The fourth-order valence-corrected chi connectivity index (χ4v) is 1.79. The van der Waals surface area contributed by atoms with Crippen molar-refractivity contribution in [2.24, 2.45) is 0 Å². The number of carbonyl (C=O) groups is 1. The topological polar surface area (TPSA) is 80.9 Å². The van der Waals surface area contributed by atoms with Crippen LogP contribution in [0.2, 0.25) is 0 Å². The molecule has 0 saturated heterocycles. The Morgan fingerprint density at radius 2 is 1.95 bits per heavy atom. The molecular formula is C15H18N4O. The number of nitrogens with two attached hydrogens (primary N) is 1. The molecule has 2 rings (SSSR count). The van der Waals surface area contributed by atoms with Crippen molar-refractivity contribution in [3.05, 3.63) is 47.9 Å². The Balaban J connectivity index is 1.99. The largest absolute Gasteiger partial charge is 0.382 e. The summed E-state index contributed by atoms with van der Waals surface area (Å²) in [5.41, 5.74) is 7.69. The second-order valence-corrected chi connectivity index (χ2v) is 4.58. The summed E-state index contributed by atoms with van der Waals surface area (Å²) < 4.78 is 0. The van der Waals surface area contributed by atoms with Crippen LogP contribution in [-0.4, -0.2) is 15.9 Å². The molecule has 1 aromatic carbocycles. The molecule has 0 fully saturated rings. The van der Waals surface area contributed by atoms with Crippen LogP contribution in [0.1, 0.15) is 35.8 Å². The lowest BCUT2D eigenvalue weighted by Gasteiger charge is -2.06. The number of benzene rings is 1. The summed E-state index contributed by atoms with van der Waals surface area (Å²) in [7, 11) is 0. The number of amides is 1. The molecule has 20 heavy (non-hydrogen) atoms. The molecule has 5 heteroatoms. The van der Waals surface area contributed by atoms with Gasteiger partial charge in [-0.15, -0.1) is 0 Å². The lowest BCUT2D eigenvalue weighted by atomic mass is 10.1. The smallest absolute Gasteiger partial charge is 0.275 e. The van der Waals surface area contributed by atoms with E-state index in [0.717, 1.165) is 12.1 Å². The highest BCUT2D eigenvalue weighted by Gasteiger charge is 2.07. The van der Waals surface area contributed by atoms with Crippen molar-refractivity contribution in [2.75, 3.05) is 11.1 Å². The molecule has 0 saturated carbocycles. The minimum atomic E-state index is -0.293. The average molecular weight is 270 g/mol. The van der Waals surface area contributed by atoms with Gasteiger partial charge in [0.05, 0.1) is 12.4 Å². The van der Waals surface area contributed by atoms with Crippen LogP contribution in [0.3, 0.4) is 0 Å². The van der Waals surface area contributed by atoms with Gasteiger partial charge in [-0.3, -0.25) is 4.79 Å². The fourth-order valence-electron chi connectivity index (χ4n) is 1.79. The predicted molar refractivity (Wildman–Crippen MR) is 79.5 cm³/mol. The minimum absolute atomic E-state index is 0.245. The van der Waals surface area contributed by atoms with Crippen molar-refractivity contribution in [3.63, 3.8) is 0 Å². The van der Waals surface area contributed by atoms with Crippen LogP contribution in [0.15, 0.2) is 36.7 Å². The summed E-state index contributed by atoms with van der Waals surface area (Å²) in [6, 6.07) is 7.85.